The van der Waals surface area contributed by atoms with Gasteiger partial charge in [-0.15, -0.1) is 11.3 Å². The van der Waals surface area contributed by atoms with Gasteiger partial charge in [-0.25, -0.2) is 18.0 Å². The Kier molecular flexibility index (Phi) is 9.45. The third-order valence-electron chi connectivity index (χ3n) is 7.53. The summed E-state index contributed by atoms with van der Waals surface area (Å²) in [5, 5.41) is 11.9. The second-order valence-electron chi connectivity index (χ2n) is 11.3. The van der Waals surface area contributed by atoms with Crippen molar-refractivity contribution in [3.63, 3.8) is 0 Å². The highest BCUT2D eigenvalue weighted by Gasteiger charge is 2.57. The first-order valence-electron chi connectivity index (χ1n) is 14.2. The fourth-order valence-corrected chi connectivity index (χ4v) is 6.10. The number of aryl methyl sites for hydroxylation is 1. The van der Waals surface area contributed by atoms with E-state index in [2.05, 4.69) is 25.1 Å². The Bertz CT molecular complexity index is 1780. The topological polar surface area (TPSA) is 228 Å². The van der Waals surface area contributed by atoms with Crippen LogP contribution >= 0.6 is 11.3 Å². The molecule has 2 aliphatic rings. The number of nitrogens with one attached hydrogen (secondary N) is 2. The lowest BCUT2D eigenvalue weighted by Crippen LogP contribution is -2.76. The SMILES string of the molecule is C[n+]1cc(-c2ccc3c(c2)OC[C@@H](CO/N=C(\C(=O)NC2C(=O)N(OS(=O)(=O)[O-])C2(C)C)c2csc(N)n2)C3)ccc1NCCN. The molecule has 5 rings (SSSR count). The van der Waals surface area contributed by atoms with Crippen LogP contribution in [0.5, 0.6) is 5.75 Å². The van der Waals surface area contributed by atoms with Crippen molar-refractivity contribution in [2.45, 2.75) is 31.8 Å². The van der Waals surface area contributed by atoms with E-state index >= 15 is 0 Å². The van der Waals surface area contributed by atoms with E-state index in [0.29, 0.717) is 31.2 Å². The first-order valence-corrected chi connectivity index (χ1v) is 16.4. The highest BCUT2D eigenvalue weighted by Crippen LogP contribution is 2.34. The van der Waals surface area contributed by atoms with Crippen LogP contribution in [0.25, 0.3) is 11.1 Å². The number of pyridine rings is 1. The summed E-state index contributed by atoms with van der Waals surface area (Å²) < 4.78 is 45.3. The molecule has 0 saturated carbocycles. The van der Waals surface area contributed by atoms with E-state index in [1.54, 1.807) is 0 Å². The van der Waals surface area contributed by atoms with Gasteiger partial charge in [-0.1, -0.05) is 17.3 Å². The van der Waals surface area contributed by atoms with Gasteiger partial charge in [0.15, 0.2) is 10.8 Å². The van der Waals surface area contributed by atoms with Crippen molar-refractivity contribution in [2.24, 2.45) is 23.9 Å². The maximum absolute atomic E-state index is 13.2. The second-order valence-corrected chi connectivity index (χ2v) is 13.2. The van der Waals surface area contributed by atoms with E-state index in [9.17, 15) is 22.6 Å². The number of nitrogens with two attached hydrogens (primary N) is 2. The molecule has 0 bridgehead atoms. The van der Waals surface area contributed by atoms with Crippen molar-refractivity contribution in [2.75, 3.05) is 37.4 Å². The summed E-state index contributed by atoms with van der Waals surface area (Å²) in [6.45, 7) is 4.52. The molecule has 2 atom stereocenters. The summed E-state index contributed by atoms with van der Waals surface area (Å²) in [4.78, 5) is 35.4. The van der Waals surface area contributed by atoms with Gasteiger partial charge in [-0.3, -0.25) is 14.9 Å². The summed E-state index contributed by atoms with van der Waals surface area (Å²) in [5.74, 6) is -0.0932. The molecule has 16 nitrogen and oxygen atoms in total. The number of hydrogen-bond donors (Lipinski definition) is 4. The number of amides is 2. The standard InChI is InChI=1S/C28H34N8O8S2/c1-28(2)24(26(38)36(28)44-46(39,40)41)33-25(37)23(20-15-45-27(30)32-20)34-43-14-16-10-18-5-4-17(11-21(18)42-13-16)19-6-7-22(31-9-8-29)35(3)12-19/h4-7,11-12,15-16,24H,8-10,13-14,29H2,1-3H3,(H4,30,32,33,37,39,40,41)/b34-23-/t16-,24?/m0/s1. The van der Waals surface area contributed by atoms with E-state index in [1.807, 2.05) is 48.1 Å². The zero-order chi connectivity index (χ0) is 33.2. The van der Waals surface area contributed by atoms with Gasteiger partial charge < -0.3 is 30.9 Å². The molecule has 1 aromatic carbocycles. The van der Waals surface area contributed by atoms with Crippen LogP contribution in [0.4, 0.5) is 10.9 Å². The molecule has 246 valence electrons. The molecule has 6 N–H and O–H groups in total. The predicted molar refractivity (Wildman–Crippen MR) is 166 cm³/mol. The number of aromatic nitrogens is 2. The van der Waals surface area contributed by atoms with E-state index in [-0.39, 0.29) is 29.1 Å². The van der Waals surface area contributed by atoms with Crippen LogP contribution in [0.15, 0.2) is 47.1 Å². The van der Waals surface area contributed by atoms with Crippen LogP contribution in [0.3, 0.4) is 0 Å². The number of nitrogen functional groups attached to an aromatic ring is 1. The van der Waals surface area contributed by atoms with Crippen molar-refractivity contribution >= 4 is 50.2 Å². The maximum Gasteiger partial charge on any atom is 0.276 e. The van der Waals surface area contributed by atoms with Gasteiger partial charge in [-0.2, -0.15) is 9.35 Å². The lowest BCUT2D eigenvalue weighted by molar-refractivity contribution is -0.656. The molecule has 46 heavy (non-hydrogen) atoms. The fraction of sp³-hybridized carbons (Fsp3) is 0.393. The molecule has 2 amide bonds. The molecule has 0 radical (unpaired) electrons. The molecule has 4 heterocycles. The normalized spacial score (nSPS) is 19.1. The molecule has 2 aromatic heterocycles. The highest BCUT2D eigenvalue weighted by molar-refractivity contribution is 7.80. The van der Waals surface area contributed by atoms with E-state index in [4.69, 9.17) is 21.0 Å². The van der Waals surface area contributed by atoms with Crippen LogP contribution in [-0.2, 0) is 42.6 Å². The molecular formula is C28H34N8O8S2. The number of ether oxygens (including phenoxy) is 1. The van der Waals surface area contributed by atoms with Gasteiger partial charge in [0.05, 0.1) is 31.9 Å². The number of oxime groups is 1. The number of hydrogen-bond acceptors (Lipinski definition) is 14. The lowest BCUT2D eigenvalue weighted by Gasteiger charge is -2.51. The van der Waals surface area contributed by atoms with Gasteiger partial charge in [-0.05, 0) is 43.5 Å². The third-order valence-corrected chi connectivity index (χ3v) is 8.54. The van der Waals surface area contributed by atoms with Gasteiger partial charge in [0.1, 0.15) is 24.1 Å². The quantitative estimate of drug-likeness (QED) is 0.0499. The van der Waals surface area contributed by atoms with Crippen LogP contribution < -0.4 is 31.4 Å². The molecule has 1 unspecified atom stereocenters. The van der Waals surface area contributed by atoms with Crippen molar-refractivity contribution in [3.05, 3.63) is 53.2 Å². The van der Waals surface area contributed by atoms with Gasteiger partial charge in [0, 0.05) is 29.5 Å². The number of nitrogens with zero attached hydrogens (tertiary/aromatic N) is 4. The van der Waals surface area contributed by atoms with E-state index in [0.717, 1.165) is 39.6 Å². The van der Waals surface area contributed by atoms with Crippen LogP contribution in [0.2, 0.25) is 0 Å². The second kappa shape index (κ2) is 13.2. The van der Waals surface area contributed by atoms with Gasteiger partial charge >= 0.3 is 0 Å². The summed E-state index contributed by atoms with van der Waals surface area (Å²) in [6.07, 6.45) is 2.68. The summed E-state index contributed by atoms with van der Waals surface area (Å²) in [6, 6.07) is 8.87. The highest BCUT2D eigenvalue weighted by atomic mass is 32.3. The number of carbonyl (C=O) groups is 2. The third kappa shape index (κ3) is 7.20. The Morgan fingerprint density at radius 3 is 2.72 bits per heavy atom. The summed E-state index contributed by atoms with van der Waals surface area (Å²) >= 11 is 1.08. The van der Waals surface area contributed by atoms with Gasteiger partial charge in [0.25, 0.3) is 17.6 Å². The first kappa shape index (κ1) is 33.0. The zero-order valence-corrected chi connectivity index (χ0v) is 26.9. The minimum absolute atomic E-state index is 0.0792. The molecule has 3 aromatic rings. The Labute approximate surface area is 269 Å². The van der Waals surface area contributed by atoms with Gasteiger partial charge in [0.2, 0.25) is 10.4 Å². The zero-order valence-electron chi connectivity index (χ0n) is 25.3. The Morgan fingerprint density at radius 1 is 1.30 bits per heavy atom. The average Bonchev–Trinajstić information content (AvgIpc) is 3.44. The molecule has 18 heteroatoms. The monoisotopic (exact) mass is 674 g/mol. The molecule has 0 aliphatic carbocycles. The van der Waals surface area contributed by atoms with Crippen molar-refractivity contribution in [1.82, 2.24) is 15.4 Å². The maximum atomic E-state index is 13.2. The minimum Gasteiger partial charge on any atom is -0.724 e. The largest absolute Gasteiger partial charge is 0.724 e. The van der Waals surface area contributed by atoms with E-state index in [1.165, 1.54) is 19.2 Å². The fourth-order valence-electron chi connectivity index (χ4n) is 5.11. The van der Waals surface area contributed by atoms with Crippen LogP contribution in [0, 0.1) is 5.92 Å². The first-order chi connectivity index (χ1) is 21.8. The number of thiazole rings is 1. The Morgan fingerprint density at radius 2 is 2.07 bits per heavy atom. The molecule has 1 fully saturated rings. The molecular weight excluding hydrogens is 640 g/mol. The van der Waals surface area contributed by atoms with E-state index < -0.39 is 33.8 Å². The lowest BCUT2D eigenvalue weighted by atomic mass is 9.84. The molecule has 2 aliphatic heterocycles. The number of fused-ring (bicyclic) bond motifs is 1. The smallest absolute Gasteiger partial charge is 0.276 e. The van der Waals surface area contributed by atoms with Crippen molar-refractivity contribution < 1.29 is 41.0 Å². The summed E-state index contributed by atoms with van der Waals surface area (Å²) in [7, 11) is -3.24. The predicted octanol–water partition coefficient (Wildman–Crippen LogP) is 0.0568. The van der Waals surface area contributed by atoms with Crippen molar-refractivity contribution in [1.29, 1.82) is 0 Å². The number of hydroxylamine groups is 2. The molecule has 1 saturated heterocycles. The number of β-lactam (4-membered cyclic amide) rings is 1. The number of rotatable bonds is 12. The average molecular weight is 675 g/mol. The minimum atomic E-state index is -5.20. The molecule has 0 spiro atoms. The van der Waals surface area contributed by atoms with Crippen LogP contribution in [-0.4, -0.2) is 78.4 Å². The number of anilines is 2. The number of benzene rings is 1. The summed E-state index contributed by atoms with van der Waals surface area (Å²) in [5.41, 5.74) is 12.9. The van der Waals surface area contributed by atoms with Crippen molar-refractivity contribution in [3.8, 4) is 16.9 Å². The van der Waals surface area contributed by atoms with Crippen LogP contribution in [0.1, 0.15) is 25.1 Å². The Balaban J connectivity index is 1.23. The number of carbonyl (C=O) groups excluding carboxylic acids is 2. The Hall–Kier alpha value is -4.36.